The number of hydrogen-bond donors (Lipinski definition) is 0. The van der Waals surface area contributed by atoms with Gasteiger partial charge in [-0.2, -0.15) is 0 Å². The molecule has 4 heterocycles. The van der Waals surface area contributed by atoms with Gasteiger partial charge in [0, 0.05) is 69.1 Å². The Morgan fingerprint density at radius 2 is 1.59 bits per heavy atom. The molecule has 1 atom stereocenters. The van der Waals surface area contributed by atoms with Crippen molar-refractivity contribution in [3.8, 4) is 0 Å². The minimum absolute atomic E-state index is 0.275. The second kappa shape index (κ2) is 7.44. The Balaban J connectivity index is 1.20. The van der Waals surface area contributed by atoms with Crippen molar-refractivity contribution in [1.29, 1.82) is 0 Å². The third kappa shape index (κ3) is 3.47. The molecule has 0 radical (unpaired) electrons. The first kappa shape index (κ1) is 17.5. The monoisotopic (exact) mass is 368 g/mol. The molecule has 5 heteroatoms. The van der Waals surface area contributed by atoms with Crippen LogP contribution in [-0.4, -0.2) is 73.6 Å². The number of nitrogens with zero attached hydrogens (tertiary/aromatic N) is 4. The standard InChI is InChI=1S/C22H32N4O/c27-22-7-3-11-26(22)20-5-1-4-19(16-20)24-12-8-18(9-13-24)25-15-14-23-10-2-6-21(23)17-25/h1,4-5,16,18,21H,2-3,6-15,17H2/t21-/m0/s1. The zero-order valence-corrected chi connectivity index (χ0v) is 16.4. The molecule has 146 valence electrons. The second-order valence-corrected chi connectivity index (χ2v) is 8.71. The van der Waals surface area contributed by atoms with Crippen molar-refractivity contribution in [2.24, 2.45) is 0 Å². The summed E-state index contributed by atoms with van der Waals surface area (Å²) in [6.07, 6.45) is 7.01. The van der Waals surface area contributed by atoms with E-state index in [1.54, 1.807) is 0 Å². The van der Waals surface area contributed by atoms with Crippen LogP contribution in [0.4, 0.5) is 11.4 Å². The van der Waals surface area contributed by atoms with Crippen LogP contribution in [0.2, 0.25) is 0 Å². The van der Waals surface area contributed by atoms with Crippen LogP contribution in [0.25, 0.3) is 0 Å². The van der Waals surface area contributed by atoms with Crippen molar-refractivity contribution >= 4 is 17.3 Å². The van der Waals surface area contributed by atoms with E-state index in [1.165, 1.54) is 57.5 Å². The number of benzene rings is 1. The van der Waals surface area contributed by atoms with Crippen LogP contribution in [0.5, 0.6) is 0 Å². The van der Waals surface area contributed by atoms with Gasteiger partial charge in [0.05, 0.1) is 0 Å². The molecule has 5 rings (SSSR count). The zero-order chi connectivity index (χ0) is 18.2. The Hall–Kier alpha value is -1.59. The number of rotatable bonds is 3. The third-order valence-electron chi connectivity index (χ3n) is 7.18. The van der Waals surface area contributed by atoms with Gasteiger partial charge in [-0.3, -0.25) is 14.6 Å². The van der Waals surface area contributed by atoms with Crippen LogP contribution in [0.3, 0.4) is 0 Å². The molecule has 1 aromatic rings. The van der Waals surface area contributed by atoms with Crippen LogP contribution in [0, 0.1) is 0 Å². The number of carbonyl (C=O) groups is 1. The molecule has 0 spiro atoms. The number of amides is 1. The first-order chi connectivity index (χ1) is 13.3. The molecule has 0 unspecified atom stereocenters. The maximum Gasteiger partial charge on any atom is 0.227 e. The van der Waals surface area contributed by atoms with Crippen molar-refractivity contribution in [3.05, 3.63) is 24.3 Å². The Labute approximate surface area is 162 Å². The van der Waals surface area contributed by atoms with Gasteiger partial charge in [-0.25, -0.2) is 0 Å². The predicted octanol–water partition coefficient (Wildman–Crippen LogP) is 2.56. The highest BCUT2D eigenvalue weighted by atomic mass is 16.2. The van der Waals surface area contributed by atoms with Crippen molar-refractivity contribution in [2.45, 2.75) is 50.6 Å². The summed E-state index contributed by atoms with van der Waals surface area (Å²) in [5.74, 6) is 0.275. The minimum atomic E-state index is 0.275. The summed E-state index contributed by atoms with van der Waals surface area (Å²) >= 11 is 0. The lowest BCUT2D eigenvalue weighted by Crippen LogP contribution is -2.55. The van der Waals surface area contributed by atoms with Gasteiger partial charge in [-0.05, 0) is 56.8 Å². The van der Waals surface area contributed by atoms with Gasteiger partial charge in [0.25, 0.3) is 0 Å². The van der Waals surface area contributed by atoms with Crippen molar-refractivity contribution < 1.29 is 4.79 Å². The van der Waals surface area contributed by atoms with E-state index >= 15 is 0 Å². The van der Waals surface area contributed by atoms with Crippen LogP contribution < -0.4 is 9.80 Å². The highest BCUT2D eigenvalue weighted by Gasteiger charge is 2.34. The first-order valence-electron chi connectivity index (χ1n) is 10.9. The van der Waals surface area contributed by atoms with E-state index < -0.39 is 0 Å². The van der Waals surface area contributed by atoms with E-state index in [1.807, 2.05) is 4.90 Å². The highest BCUT2D eigenvalue weighted by Crippen LogP contribution is 2.30. The van der Waals surface area contributed by atoms with E-state index in [9.17, 15) is 4.79 Å². The van der Waals surface area contributed by atoms with Crippen LogP contribution in [0.1, 0.15) is 38.5 Å². The fourth-order valence-electron chi connectivity index (χ4n) is 5.61. The Morgan fingerprint density at radius 1 is 0.778 bits per heavy atom. The molecule has 4 saturated heterocycles. The van der Waals surface area contributed by atoms with Crippen molar-refractivity contribution in [3.63, 3.8) is 0 Å². The molecule has 0 N–H and O–H groups in total. The van der Waals surface area contributed by atoms with Crippen LogP contribution in [-0.2, 0) is 4.79 Å². The molecule has 4 aliphatic heterocycles. The fourth-order valence-corrected chi connectivity index (χ4v) is 5.61. The van der Waals surface area contributed by atoms with Gasteiger partial charge in [0.15, 0.2) is 0 Å². The summed E-state index contributed by atoms with van der Waals surface area (Å²) < 4.78 is 0. The molecule has 4 fully saturated rings. The topological polar surface area (TPSA) is 30.0 Å². The summed E-state index contributed by atoms with van der Waals surface area (Å²) in [4.78, 5) is 22.0. The molecule has 5 nitrogen and oxygen atoms in total. The van der Waals surface area contributed by atoms with E-state index in [0.717, 1.165) is 43.8 Å². The van der Waals surface area contributed by atoms with Gasteiger partial charge in [0.1, 0.15) is 0 Å². The third-order valence-corrected chi connectivity index (χ3v) is 7.18. The Bertz CT molecular complexity index is 685. The number of piperazine rings is 1. The Kier molecular flexibility index (Phi) is 4.82. The molecule has 4 aliphatic rings. The molecule has 0 aliphatic carbocycles. The molecule has 1 aromatic carbocycles. The SMILES string of the molecule is O=C1CCCN1c1cccc(N2CCC(N3CCN4CCC[C@H]4C3)CC2)c1. The molecule has 27 heavy (non-hydrogen) atoms. The maximum absolute atomic E-state index is 12.1. The van der Waals surface area contributed by atoms with Crippen molar-refractivity contribution in [2.75, 3.05) is 55.6 Å². The van der Waals surface area contributed by atoms with E-state index in [-0.39, 0.29) is 5.91 Å². The molecule has 0 saturated carbocycles. The number of fused-ring (bicyclic) bond motifs is 1. The summed E-state index contributed by atoms with van der Waals surface area (Å²) in [6, 6.07) is 10.2. The lowest BCUT2D eigenvalue weighted by molar-refractivity contribution is -0.117. The van der Waals surface area contributed by atoms with Gasteiger partial charge in [0.2, 0.25) is 5.91 Å². The molecule has 0 bridgehead atoms. The quantitative estimate of drug-likeness (QED) is 0.820. The van der Waals surface area contributed by atoms with Gasteiger partial charge in [-0.15, -0.1) is 0 Å². The van der Waals surface area contributed by atoms with Crippen molar-refractivity contribution in [1.82, 2.24) is 9.80 Å². The van der Waals surface area contributed by atoms with E-state index in [0.29, 0.717) is 6.42 Å². The normalized spacial score (nSPS) is 28.1. The highest BCUT2D eigenvalue weighted by molar-refractivity contribution is 5.95. The van der Waals surface area contributed by atoms with E-state index in [2.05, 4.69) is 39.0 Å². The zero-order valence-electron chi connectivity index (χ0n) is 16.4. The largest absolute Gasteiger partial charge is 0.371 e. The lowest BCUT2D eigenvalue weighted by atomic mass is 10.00. The molecule has 0 aromatic heterocycles. The van der Waals surface area contributed by atoms with E-state index in [4.69, 9.17) is 0 Å². The van der Waals surface area contributed by atoms with Crippen LogP contribution in [0.15, 0.2) is 24.3 Å². The maximum atomic E-state index is 12.1. The number of piperidine rings is 1. The second-order valence-electron chi connectivity index (χ2n) is 8.71. The summed E-state index contributed by atoms with van der Waals surface area (Å²) in [7, 11) is 0. The van der Waals surface area contributed by atoms with Gasteiger partial charge in [-0.1, -0.05) is 6.07 Å². The molecular formula is C22H32N4O. The summed E-state index contributed by atoms with van der Waals surface area (Å²) in [6.45, 7) is 8.28. The summed E-state index contributed by atoms with van der Waals surface area (Å²) in [5, 5.41) is 0. The predicted molar refractivity (Wildman–Crippen MR) is 109 cm³/mol. The number of hydrogen-bond acceptors (Lipinski definition) is 4. The average Bonchev–Trinajstić information content (AvgIpc) is 3.36. The smallest absolute Gasteiger partial charge is 0.227 e. The molecular weight excluding hydrogens is 336 g/mol. The lowest BCUT2D eigenvalue weighted by Gasteiger charge is -2.45. The molecule has 1 amide bonds. The number of carbonyl (C=O) groups excluding carboxylic acids is 1. The van der Waals surface area contributed by atoms with Crippen LogP contribution >= 0.6 is 0 Å². The van der Waals surface area contributed by atoms with Gasteiger partial charge >= 0.3 is 0 Å². The number of anilines is 2. The Morgan fingerprint density at radius 3 is 2.41 bits per heavy atom. The van der Waals surface area contributed by atoms with Gasteiger partial charge < -0.3 is 9.80 Å². The summed E-state index contributed by atoms with van der Waals surface area (Å²) in [5.41, 5.74) is 2.36. The average molecular weight is 369 g/mol. The minimum Gasteiger partial charge on any atom is -0.371 e. The fraction of sp³-hybridized carbons (Fsp3) is 0.682. The first-order valence-corrected chi connectivity index (χ1v) is 10.9.